The lowest BCUT2D eigenvalue weighted by atomic mass is 10.2. The summed E-state index contributed by atoms with van der Waals surface area (Å²) in [4.78, 5) is 8.45. The lowest BCUT2D eigenvalue weighted by Gasteiger charge is -2.22. The van der Waals surface area contributed by atoms with Crippen LogP contribution in [-0.4, -0.2) is 44.0 Å². The Morgan fingerprint density at radius 3 is 2.11 bits per heavy atom. The molecule has 0 aliphatic heterocycles. The van der Waals surface area contributed by atoms with Crippen LogP contribution in [0.1, 0.15) is 5.56 Å². The molecule has 0 amide bonds. The van der Waals surface area contributed by atoms with E-state index in [0.29, 0.717) is 16.6 Å². The molecule has 0 aliphatic carbocycles. The molecule has 0 radical (unpaired) electrons. The molecule has 0 saturated carbocycles. The second-order valence-electron chi connectivity index (χ2n) is 4.14. The SMILES string of the molecule is CN(C)C(=NCc1ccc(Cl)cc1Cl)N(C)C.I. The van der Waals surface area contributed by atoms with Crippen molar-refractivity contribution >= 4 is 53.1 Å². The second-order valence-corrected chi connectivity index (χ2v) is 4.98. The van der Waals surface area contributed by atoms with Crippen molar-refractivity contribution in [2.24, 2.45) is 4.99 Å². The molecule has 3 nitrogen and oxygen atoms in total. The maximum Gasteiger partial charge on any atom is 0.195 e. The van der Waals surface area contributed by atoms with E-state index >= 15 is 0 Å². The first kappa shape index (κ1) is 17.8. The minimum absolute atomic E-state index is 0. The molecular weight excluding hydrogens is 384 g/mol. The highest BCUT2D eigenvalue weighted by molar-refractivity contribution is 14.0. The largest absolute Gasteiger partial charge is 0.349 e. The second kappa shape index (κ2) is 8.07. The molecule has 0 spiro atoms. The van der Waals surface area contributed by atoms with Gasteiger partial charge in [-0.25, -0.2) is 4.99 Å². The monoisotopic (exact) mass is 401 g/mol. The fourth-order valence-corrected chi connectivity index (χ4v) is 1.96. The van der Waals surface area contributed by atoms with Crippen molar-refractivity contribution in [2.45, 2.75) is 6.54 Å². The summed E-state index contributed by atoms with van der Waals surface area (Å²) in [6, 6.07) is 5.46. The number of halogens is 3. The first-order chi connectivity index (χ1) is 7.91. The van der Waals surface area contributed by atoms with Crippen LogP contribution < -0.4 is 0 Å². The van der Waals surface area contributed by atoms with Gasteiger partial charge in [0.05, 0.1) is 6.54 Å². The Hall–Kier alpha value is -0.200. The maximum absolute atomic E-state index is 6.09. The van der Waals surface area contributed by atoms with E-state index in [4.69, 9.17) is 23.2 Å². The van der Waals surface area contributed by atoms with Crippen molar-refractivity contribution in [3.8, 4) is 0 Å². The molecule has 0 N–H and O–H groups in total. The van der Waals surface area contributed by atoms with E-state index in [1.807, 2.05) is 50.1 Å². The predicted molar refractivity (Wildman–Crippen MR) is 90.4 cm³/mol. The van der Waals surface area contributed by atoms with E-state index < -0.39 is 0 Å². The topological polar surface area (TPSA) is 18.8 Å². The Morgan fingerprint density at radius 2 is 1.67 bits per heavy atom. The molecule has 0 aliphatic rings. The highest BCUT2D eigenvalue weighted by Crippen LogP contribution is 2.21. The van der Waals surface area contributed by atoms with Gasteiger partial charge in [-0.3, -0.25) is 0 Å². The van der Waals surface area contributed by atoms with Crippen LogP contribution in [-0.2, 0) is 6.54 Å². The van der Waals surface area contributed by atoms with E-state index in [2.05, 4.69) is 4.99 Å². The highest BCUT2D eigenvalue weighted by Gasteiger charge is 2.05. The van der Waals surface area contributed by atoms with Crippen molar-refractivity contribution in [2.75, 3.05) is 28.2 Å². The van der Waals surface area contributed by atoms with Crippen LogP contribution >= 0.6 is 47.2 Å². The molecule has 0 aromatic heterocycles. The van der Waals surface area contributed by atoms with Crippen molar-refractivity contribution in [3.05, 3.63) is 33.8 Å². The van der Waals surface area contributed by atoms with E-state index in [1.54, 1.807) is 6.07 Å². The zero-order valence-corrected chi connectivity index (χ0v) is 14.8. The zero-order valence-electron chi connectivity index (χ0n) is 10.9. The lowest BCUT2D eigenvalue weighted by Crippen LogP contribution is -2.35. The first-order valence-electron chi connectivity index (χ1n) is 5.25. The summed E-state index contributed by atoms with van der Waals surface area (Å²) in [6.07, 6.45) is 0. The lowest BCUT2D eigenvalue weighted by molar-refractivity contribution is 0.479. The van der Waals surface area contributed by atoms with Gasteiger partial charge in [-0.1, -0.05) is 29.3 Å². The first-order valence-corrected chi connectivity index (χ1v) is 6.00. The van der Waals surface area contributed by atoms with Crippen LogP contribution in [0.15, 0.2) is 23.2 Å². The van der Waals surface area contributed by atoms with Gasteiger partial charge in [0.1, 0.15) is 0 Å². The molecule has 6 heteroatoms. The molecule has 1 aromatic carbocycles. The Labute approximate surface area is 136 Å². The van der Waals surface area contributed by atoms with Gasteiger partial charge in [-0.2, -0.15) is 0 Å². The quantitative estimate of drug-likeness (QED) is 0.428. The third-order valence-corrected chi connectivity index (χ3v) is 2.79. The van der Waals surface area contributed by atoms with Crippen LogP contribution in [0.25, 0.3) is 0 Å². The molecule has 0 fully saturated rings. The molecule has 1 rings (SSSR count). The van der Waals surface area contributed by atoms with Crippen LogP contribution in [0.5, 0.6) is 0 Å². The third kappa shape index (κ3) is 5.20. The number of guanidine groups is 1. The Bertz CT molecular complexity index is 410. The fourth-order valence-electron chi connectivity index (χ4n) is 1.49. The van der Waals surface area contributed by atoms with Crippen LogP contribution in [0.2, 0.25) is 10.0 Å². The van der Waals surface area contributed by atoms with Gasteiger partial charge in [-0.15, -0.1) is 24.0 Å². The molecular formula is C12H18Cl2IN3. The minimum atomic E-state index is 0. The van der Waals surface area contributed by atoms with E-state index in [1.165, 1.54) is 0 Å². The Balaban J connectivity index is 0.00000289. The average molecular weight is 402 g/mol. The number of hydrogen-bond donors (Lipinski definition) is 0. The smallest absolute Gasteiger partial charge is 0.195 e. The van der Waals surface area contributed by atoms with Crippen molar-refractivity contribution in [1.29, 1.82) is 0 Å². The summed E-state index contributed by atoms with van der Waals surface area (Å²) in [5.74, 6) is 0.899. The summed E-state index contributed by atoms with van der Waals surface area (Å²) in [7, 11) is 7.84. The summed E-state index contributed by atoms with van der Waals surface area (Å²) < 4.78 is 0. The minimum Gasteiger partial charge on any atom is -0.349 e. The van der Waals surface area contributed by atoms with Gasteiger partial charge in [0.2, 0.25) is 0 Å². The van der Waals surface area contributed by atoms with E-state index in [0.717, 1.165) is 11.5 Å². The molecule has 0 heterocycles. The number of aliphatic imine (C=N–C) groups is 1. The molecule has 0 atom stereocenters. The van der Waals surface area contributed by atoms with Crippen molar-refractivity contribution in [1.82, 2.24) is 9.80 Å². The Morgan fingerprint density at radius 1 is 1.11 bits per heavy atom. The number of hydrogen-bond acceptors (Lipinski definition) is 1. The van der Waals surface area contributed by atoms with Gasteiger partial charge in [0.15, 0.2) is 5.96 Å². The van der Waals surface area contributed by atoms with E-state index in [-0.39, 0.29) is 24.0 Å². The number of nitrogens with zero attached hydrogens (tertiary/aromatic N) is 3. The third-order valence-electron chi connectivity index (χ3n) is 2.21. The zero-order chi connectivity index (χ0) is 13.0. The van der Waals surface area contributed by atoms with Gasteiger partial charge in [-0.05, 0) is 17.7 Å². The van der Waals surface area contributed by atoms with Crippen molar-refractivity contribution in [3.63, 3.8) is 0 Å². The maximum atomic E-state index is 6.09. The molecule has 18 heavy (non-hydrogen) atoms. The number of rotatable bonds is 2. The molecule has 102 valence electrons. The van der Waals surface area contributed by atoms with Crippen LogP contribution in [0.4, 0.5) is 0 Å². The van der Waals surface area contributed by atoms with Crippen molar-refractivity contribution < 1.29 is 0 Å². The average Bonchev–Trinajstić information content (AvgIpc) is 2.20. The molecule has 0 unspecified atom stereocenters. The summed E-state index contributed by atoms with van der Waals surface area (Å²) >= 11 is 11.9. The molecule has 0 bridgehead atoms. The number of benzene rings is 1. The van der Waals surface area contributed by atoms with Crippen LogP contribution in [0, 0.1) is 0 Å². The van der Waals surface area contributed by atoms with Gasteiger partial charge < -0.3 is 9.80 Å². The summed E-state index contributed by atoms with van der Waals surface area (Å²) in [5.41, 5.74) is 0.970. The Kier molecular flexibility index (Phi) is 7.98. The van der Waals surface area contributed by atoms with E-state index in [9.17, 15) is 0 Å². The van der Waals surface area contributed by atoms with Gasteiger partial charge in [0.25, 0.3) is 0 Å². The molecule has 1 aromatic rings. The molecule has 0 saturated heterocycles. The fraction of sp³-hybridized carbons (Fsp3) is 0.417. The van der Waals surface area contributed by atoms with Crippen LogP contribution in [0.3, 0.4) is 0 Å². The van der Waals surface area contributed by atoms with Gasteiger partial charge in [0, 0.05) is 38.2 Å². The summed E-state index contributed by atoms with van der Waals surface area (Å²) in [6.45, 7) is 0.543. The predicted octanol–water partition coefficient (Wildman–Crippen LogP) is 3.59. The van der Waals surface area contributed by atoms with Gasteiger partial charge >= 0.3 is 0 Å². The summed E-state index contributed by atoms with van der Waals surface area (Å²) in [5, 5.41) is 1.29. The normalized spacial score (nSPS) is 9.44. The highest BCUT2D eigenvalue weighted by atomic mass is 127. The standard InChI is InChI=1S/C12H17Cl2N3.HI/c1-16(2)12(17(3)4)15-8-9-5-6-10(13)7-11(9)14;/h5-7H,8H2,1-4H3;1H.